The second-order valence-corrected chi connectivity index (χ2v) is 4.59. The van der Waals surface area contributed by atoms with Crippen molar-refractivity contribution in [2.24, 2.45) is 0 Å². The van der Waals surface area contributed by atoms with Gasteiger partial charge in [-0.3, -0.25) is 4.79 Å². The fraction of sp³-hybridized carbons (Fsp3) is 0.500. The van der Waals surface area contributed by atoms with E-state index in [9.17, 15) is 9.59 Å². The minimum Gasteiger partial charge on any atom is -0.476 e. The molecule has 17 heavy (non-hydrogen) atoms. The molecule has 0 aromatic carbocycles. The minimum atomic E-state index is -1.06. The number of hydrogen-bond acceptors (Lipinski definition) is 5. The molecule has 2 rings (SSSR count). The van der Waals surface area contributed by atoms with E-state index in [1.165, 1.54) is 16.7 Å². The Kier molecular flexibility index (Phi) is 3.70. The van der Waals surface area contributed by atoms with E-state index in [1.807, 2.05) is 0 Å². The third kappa shape index (κ3) is 3.01. The summed E-state index contributed by atoms with van der Waals surface area (Å²) in [5, 5.41) is 13.4. The van der Waals surface area contributed by atoms with Crippen LogP contribution >= 0.6 is 11.3 Å². The highest BCUT2D eigenvalue weighted by atomic mass is 32.1. The summed E-state index contributed by atoms with van der Waals surface area (Å²) in [5.74, 6) is -1.22. The van der Waals surface area contributed by atoms with Crippen molar-refractivity contribution in [1.29, 1.82) is 0 Å². The molecular formula is C10H12N2O4S. The zero-order chi connectivity index (χ0) is 12.3. The molecule has 0 spiro atoms. The molecule has 6 nitrogen and oxygen atoms in total. The topological polar surface area (TPSA) is 88.5 Å². The third-order valence-electron chi connectivity index (χ3n) is 2.41. The Balaban J connectivity index is 1.84. The average molecular weight is 256 g/mol. The summed E-state index contributed by atoms with van der Waals surface area (Å²) in [4.78, 5) is 26.1. The number of thiazole rings is 1. The number of rotatable bonds is 4. The van der Waals surface area contributed by atoms with Gasteiger partial charge in [0.25, 0.3) is 0 Å². The zero-order valence-electron chi connectivity index (χ0n) is 9.01. The van der Waals surface area contributed by atoms with Crippen molar-refractivity contribution in [3.05, 3.63) is 16.1 Å². The van der Waals surface area contributed by atoms with E-state index in [1.54, 1.807) is 0 Å². The van der Waals surface area contributed by atoms with E-state index in [4.69, 9.17) is 9.84 Å². The summed E-state index contributed by atoms with van der Waals surface area (Å²) < 4.78 is 5.22. The highest BCUT2D eigenvalue weighted by Gasteiger charge is 2.23. The Bertz CT molecular complexity index is 426. The van der Waals surface area contributed by atoms with Crippen molar-refractivity contribution < 1.29 is 19.4 Å². The lowest BCUT2D eigenvalue weighted by molar-refractivity contribution is -0.130. The number of carboxylic acid groups (broad SMARTS) is 1. The van der Waals surface area contributed by atoms with Crippen LogP contribution in [-0.2, 0) is 16.1 Å². The first-order valence-electron chi connectivity index (χ1n) is 5.24. The van der Waals surface area contributed by atoms with Gasteiger partial charge in [0.05, 0.1) is 6.54 Å². The molecule has 1 saturated heterocycles. The summed E-state index contributed by atoms with van der Waals surface area (Å²) in [7, 11) is 0. The van der Waals surface area contributed by atoms with E-state index in [0.29, 0.717) is 11.6 Å². The normalized spacial score (nSPS) is 19.2. The highest BCUT2D eigenvalue weighted by molar-refractivity contribution is 7.09. The Hall–Kier alpha value is -1.47. The molecule has 1 unspecified atom stereocenters. The minimum absolute atomic E-state index is 0.0105. The first kappa shape index (κ1) is 12.0. The maximum Gasteiger partial charge on any atom is 0.355 e. The van der Waals surface area contributed by atoms with E-state index in [2.05, 4.69) is 10.3 Å². The number of carboxylic acids is 1. The maximum atomic E-state index is 11.6. The number of aromatic nitrogens is 1. The van der Waals surface area contributed by atoms with Crippen molar-refractivity contribution >= 4 is 23.2 Å². The molecule has 1 aromatic rings. The van der Waals surface area contributed by atoms with Crippen LogP contribution in [0.2, 0.25) is 0 Å². The van der Waals surface area contributed by atoms with Crippen LogP contribution in [0.15, 0.2) is 5.38 Å². The molecule has 1 aromatic heterocycles. The molecule has 92 valence electrons. The quantitative estimate of drug-likeness (QED) is 0.825. The number of aromatic carboxylic acids is 1. The number of nitrogens with zero attached hydrogens (tertiary/aromatic N) is 1. The number of amides is 1. The van der Waals surface area contributed by atoms with E-state index in [0.717, 1.165) is 12.8 Å². The highest BCUT2D eigenvalue weighted by Crippen LogP contribution is 2.13. The van der Waals surface area contributed by atoms with Crippen LogP contribution in [0.25, 0.3) is 0 Å². The molecule has 2 N–H and O–H groups in total. The van der Waals surface area contributed by atoms with Crippen LogP contribution in [0.3, 0.4) is 0 Å². The van der Waals surface area contributed by atoms with Gasteiger partial charge in [-0.2, -0.15) is 0 Å². The maximum absolute atomic E-state index is 11.6. The molecule has 0 bridgehead atoms. The lowest BCUT2D eigenvalue weighted by atomic mass is 10.2. The third-order valence-corrected chi connectivity index (χ3v) is 3.26. The van der Waals surface area contributed by atoms with Crippen LogP contribution in [-0.4, -0.2) is 34.7 Å². The fourth-order valence-electron chi connectivity index (χ4n) is 1.55. The molecule has 1 aliphatic rings. The first-order valence-corrected chi connectivity index (χ1v) is 6.12. The van der Waals surface area contributed by atoms with Gasteiger partial charge in [0.2, 0.25) is 5.91 Å². The van der Waals surface area contributed by atoms with Crippen molar-refractivity contribution in [3.8, 4) is 0 Å². The van der Waals surface area contributed by atoms with Gasteiger partial charge >= 0.3 is 5.97 Å². The van der Waals surface area contributed by atoms with Crippen molar-refractivity contribution in [2.45, 2.75) is 25.5 Å². The molecule has 0 radical (unpaired) electrons. The Morgan fingerprint density at radius 1 is 1.65 bits per heavy atom. The Morgan fingerprint density at radius 2 is 2.47 bits per heavy atom. The fourth-order valence-corrected chi connectivity index (χ4v) is 2.26. The van der Waals surface area contributed by atoms with Gasteiger partial charge < -0.3 is 15.2 Å². The van der Waals surface area contributed by atoms with Gasteiger partial charge in [0.1, 0.15) is 11.1 Å². The molecule has 1 atom stereocenters. The molecule has 0 saturated carbocycles. The predicted molar refractivity (Wildman–Crippen MR) is 59.9 cm³/mol. The molecule has 1 amide bonds. The zero-order valence-corrected chi connectivity index (χ0v) is 9.83. The van der Waals surface area contributed by atoms with Gasteiger partial charge in [-0.1, -0.05) is 0 Å². The lowest BCUT2D eigenvalue weighted by Gasteiger charge is -2.08. The van der Waals surface area contributed by atoms with E-state index in [-0.39, 0.29) is 24.2 Å². The van der Waals surface area contributed by atoms with Crippen LogP contribution < -0.4 is 5.32 Å². The smallest absolute Gasteiger partial charge is 0.355 e. The predicted octanol–water partition coefficient (Wildman–Crippen LogP) is 0.636. The van der Waals surface area contributed by atoms with Gasteiger partial charge in [0.15, 0.2) is 5.69 Å². The molecule has 2 heterocycles. The van der Waals surface area contributed by atoms with Crippen LogP contribution in [0.4, 0.5) is 0 Å². The first-order chi connectivity index (χ1) is 8.16. The standard InChI is InChI=1S/C10H12N2O4S/c13-9(7-2-1-3-16-7)11-4-8-12-6(5-17-8)10(14)15/h5,7H,1-4H2,(H,11,13)(H,14,15). The molecule has 1 fully saturated rings. The summed E-state index contributed by atoms with van der Waals surface area (Å²) >= 11 is 1.21. The Morgan fingerprint density at radius 3 is 3.06 bits per heavy atom. The number of nitrogens with one attached hydrogen (secondary N) is 1. The number of carbonyl (C=O) groups is 2. The van der Waals surface area contributed by atoms with Crippen molar-refractivity contribution in [1.82, 2.24) is 10.3 Å². The van der Waals surface area contributed by atoms with Gasteiger partial charge in [-0.15, -0.1) is 11.3 Å². The second-order valence-electron chi connectivity index (χ2n) is 3.65. The summed E-state index contributed by atoms with van der Waals surface area (Å²) in [6, 6.07) is 0. The summed E-state index contributed by atoms with van der Waals surface area (Å²) in [5.41, 5.74) is 0.0105. The Labute approximate surface area is 102 Å². The monoisotopic (exact) mass is 256 g/mol. The average Bonchev–Trinajstić information content (AvgIpc) is 2.97. The lowest BCUT2D eigenvalue weighted by Crippen LogP contribution is -2.33. The van der Waals surface area contributed by atoms with Crippen LogP contribution in [0.5, 0.6) is 0 Å². The largest absolute Gasteiger partial charge is 0.476 e. The second kappa shape index (κ2) is 5.24. The van der Waals surface area contributed by atoms with Gasteiger partial charge in [0, 0.05) is 12.0 Å². The van der Waals surface area contributed by atoms with Crippen molar-refractivity contribution in [3.63, 3.8) is 0 Å². The molecule has 1 aliphatic heterocycles. The van der Waals surface area contributed by atoms with E-state index >= 15 is 0 Å². The SMILES string of the molecule is O=C(O)c1csc(CNC(=O)C2CCCO2)n1. The molecular weight excluding hydrogens is 244 g/mol. The van der Waals surface area contributed by atoms with Crippen LogP contribution in [0, 0.1) is 0 Å². The van der Waals surface area contributed by atoms with Crippen LogP contribution in [0.1, 0.15) is 28.3 Å². The summed E-state index contributed by atoms with van der Waals surface area (Å²) in [6.45, 7) is 0.870. The van der Waals surface area contributed by atoms with Crippen molar-refractivity contribution in [2.75, 3.05) is 6.61 Å². The van der Waals surface area contributed by atoms with Gasteiger partial charge in [-0.05, 0) is 12.8 Å². The number of ether oxygens (including phenoxy) is 1. The molecule has 0 aliphatic carbocycles. The number of carbonyl (C=O) groups excluding carboxylic acids is 1. The molecule has 7 heteroatoms. The number of hydrogen-bond donors (Lipinski definition) is 2. The van der Waals surface area contributed by atoms with Gasteiger partial charge in [-0.25, -0.2) is 9.78 Å². The summed E-state index contributed by atoms with van der Waals surface area (Å²) in [6.07, 6.45) is 1.27. The van der Waals surface area contributed by atoms with E-state index < -0.39 is 5.97 Å².